The normalized spacial score (nSPS) is 9.60. The van der Waals surface area contributed by atoms with Crippen LogP contribution in [-0.2, 0) is 22.4 Å². The molecule has 0 spiro atoms. The summed E-state index contributed by atoms with van der Waals surface area (Å²) in [4.78, 5) is 0. The van der Waals surface area contributed by atoms with Gasteiger partial charge in [-0.25, -0.2) is 0 Å². The van der Waals surface area contributed by atoms with Gasteiger partial charge in [0.15, 0.2) is 0 Å². The Morgan fingerprint density at radius 1 is 1.00 bits per heavy atom. The molecular weight excluding hydrogens is 344 g/mol. The van der Waals surface area contributed by atoms with Crippen molar-refractivity contribution in [3.63, 3.8) is 0 Å². The largest absolute Gasteiger partial charge is 0 e. The Labute approximate surface area is 165 Å². The van der Waals surface area contributed by atoms with Gasteiger partial charge in [-0.15, -0.1) is 0 Å². The summed E-state index contributed by atoms with van der Waals surface area (Å²) in [5.41, 5.74) is 0. The van der Waals surface area contributed by atoms with Crippen LogP contribution in [0.25, 0.3) is 0 Å². The minimum Gasteiger partial charge on any atom is 0 e. The third kappa shape index (κ3) is 14.7. The Hall–Kier alpha value is 4.14. The molecule has 1 heterocycles. The Kier molecular flexibility index (Phi) is 44.7. The minimum atomic E-state index is 0. The van der Waals surface area contributed by atoms with E-state index in [2.05, 4.69) is 26.2 Å². The van der Waals surface area contributed by atoms with E-state index in [9.17, 15) is 0 Å². The van der Waals surface area contributed by atoms with Crippen molar-refractivity contribution in [2.45, 2.75) is 0 Å². The van der Waals surface area contributed by atoms with E-state index in [4.69, 9.17) is 0 Å². The van der Waals surface area contributed by atoms with E-state index in [-0.39, 0.29) is 143 Å². The van der Waals surface area contributed by atoms with Crippen molar-refractivity contribution in [1.29, 1.82) is 0 Å². The molecule has 1 aliphatic heterocycles. The van der Waals surface area contributed by atoms with Crippen LogP contribution in [0, 0.1) is 0 Å². The Bertz CT molecular complexity index is 91.0. The van der Waals surface area contributed by atoms with E-state index in [1.54, 1.807) is 0 Å². The van der Waals surface area contributed by atoms with Crippen molar-refractivity contribution in [3.8, 4) is 0 Å². The van der Waals surface area contributed by atoms with E-state index in [0.29, 0.717) is 0 Å². The zero-order valence-electron chi connectivity index (χ0n) is 6.78. The van der Waals surface area contributed by atoms with E-state index in [1.165, 1.54) is 0 Å². The SMILES string of the molecule is C1=C[CH]=[Sb][CH]=C1.[K].[Li].[Na].[Nb]. The fourth-order valence-electron chi connectivity index (χ4n) is 0.313. The van der Waals surface area contributed by atoms with Gasteiger partial charge in [0.05, 0.1) is 0 Å². The third-order valence-corrected chi connectivity index (χ3v) is 2.53. The maximum absolute atomic E-state index is 2.28. The van der Waals surface area contributed by atoms with Crippen molar-refractivity contribution >= 4 is 125 Å². The average molecular weight is 349 g/mol. The van der Waals surface area contributed by atoms with Gasteiger partial charge in [-0.3, -0.25) is 0 Å². The molecule has 0 saturated carbocycles. The molecule has 0 aromatic carbocycles. The molecule has 1 aliphatic rings. The fraction of sp³-hybridized carbons (Fsp3) is 0. The monoisotopic (exact) mass is 348 g/mol. The van der Waals surface area contributed by atoms with Crippen LogP contribution in [0.2, 0.25) is 0 Å². The van der Waals surface area contributed by atoms with Gasteiger partial charge >= 0.3 is 47.3 Å². The molecule has 0 aliphatic carbocycles. The predicted molar refractivity (Wildman–Crippen MR) is 47.4 cm³/mol. The summed E-state index contributed by atoms with van der Waals surface area (Å²) >= 11 is 0.0368. The van der Waals surface area contributed by atoms with Crippen LogP contribution >= 0.6 is 0 Å². The van der Waals surface area contributed by atoms with Gasteiger partial charge in [-0.2, -0.15) is 0 Å². The summed E-state index contributed by atoms with van der Waals surface area (Å²) in [6.45, 7) is 0. The summed E-state index contributed by atoms with van der Waals surface area (Å²) < 4.78 is 4.55. The summed E-state index contributed by atoms with van der Waals surface area (Å²) in [6.07, 6.45) is 6.31. The topological polar surface area (TPSA) is 0 Å². The standard InChI is InChI=1S/C5H5.K.Li.Na.Nb.Sb/c1-3-5-4-2;;;;;/h1-5H;;;;;. The van der Waals surface area contributed by atoms with Crippen LogP contribution in [0.1, 0.15) is 0 Å². The summed E-state index contributed by atoms with van der Waals surface area (Å²) in [5, 5.41) is 0. The maximum Gasteiger partial charge on any atom is 0 e. The molecule has 0 aromatic rings. The van der Waals surface area contributed by atoms with Gasteiger partial charge in [0.2, 0.25) is 0 Å². The minimum absolute atomic E-state index is 0. The fourth-order valence-corrected chi connectivity index (χ4v) is 1.73. The molecule has 0 N–H and O–H groups in total. The molecule has 0 bridgehead atoms. The second-order valence-corrected chi connectivity index (χ2v) is 3.58. The zero-order chi connectivity index (χ0) is 4.24. The van der Waals surface area contributed by atoms with Gasteiger partial charge in [-0.1, -0.05) is 0 Å². The molecule has 0 unspecified atom stereocenters. The molecule has 0 nitrogen and oxygen atoms in total. The molecule has 0 fully saturated rings. The van der Waals surface area contributed by atoms with Crippen molar-refractivity contribution in [2.75, 3.05) is 0 Å². The van der Waals surface area contributed by atoms with Crippen LogP contribution < -0.4 is 0 Å². The molecular formula is C5H5KLiNaNbSb. The van der Waals surface area contributed by atoms with Crippen molar-refractivity contribution in [2.24, 2.45) is 0 Å². The molecule has 0 saturated heterocycles. The van der Waals surface area contributed by atoms with Crippen molar-refractivity contribution in [3.05, 3.63) is 22.3 Å². The first kappa shape index (κ1) is 23.7. The Morgan fingerprint density at radius 3 is 1.70 bits per heavy atom. The second kappa shape index (κ2) is 18.8. The molecule has 4 radical (unpaired) electrons. The Morgan fingerprint density at radius 2 is 1.60 bits per heavy atom. The van der Waals surface area contributed by atoms with Crippen LogP contribution in [0.4, 0.5) is 0 Å². The average Bonchev–Trinajstić information content (AvgIpc) is 1.72. The molecule has 1 rings (SSSR count). The predicted octanol–water partition coefficient (Wildman–Crippen LogP) is -0.569. The van der Waals surface area contributed by atoms with Crippen molar-refractivity contribution < 1.29 is 22.4 Å². The van der Waals surface area contributed by atoms with E-state index >= 15 is 0 Å². The number of rotatable bonds is 0. The van der Waals surface area contributed by atoms with Gasteiger partial charge < -0.3 is 0 Å². The molecule has 0 amide bonds. The summed E-state index contributed by atoms with van der Waals surface area (Å²) in [5.74, 6) is 0. The molecule has 0 aromatic heterocycles. The third-order valence-electron chi connectivity index (χ3n) is 0.566. The van der Waals surface area contributed by atoms with Gasteiger partial charge in [0.25, 0.3) is 0 Å². The first-order valence-electron chi connectivity index (χ1n) is 1.85. The molecule has 10 heavy (non-hydrogen) atoms. The smallest absolute Gasteiger partial charge is 0 e. The summed E-state index contributed by atoms with van der Waals surface area (Å²) in [7, 11) is 0. The molecule has 5 heteroatoms. The second-order valence-electron chi connectivity index (χ2n) is 1.02. The maximum atomic E-state index is 2.28. The molecule has 0 atom stereocenters. The number of hydrogen-bond acceptors (Lipinski definition) is 0. The van der Waals surface area contributed by atoms with Crippen LogP contribution in [0.5, 0.6) is 0 Å². The molecule has 38 valence electrons. The van der Waals surface area contributed by atoms with Crippen LogP contribution in [0.15, 0.2) is 22.3 Å². The van der Waals surface area contributed by atoms with Crippen LogP contribution in [0.3, 0.4) is 0 Å². The van der Waals surface area contributed by atoms with E-state index in [1.807, 2.05) is 0 Å². The van der Waals surface area contributed by atoms with Gasteiger partial charge in [0, 0.05) is 122 Å². The van der Waals surface area contributed by atoms with Crippen LogP contribution in [-0.4, -0.2) is 125 Å². The zero-order valence-corrected chi connectivity index (χ0v) is 16.7. The van der Waals surface area contributed by atoms with Gasteiger partial charge in [0.1, 0.15) is 0 Å². The first-order valence-corrected chi connectivity index (χ1v) is 4.80. The Balaban J connectivity index is -0.0000000450. The summed E-state index contributed by atoms with van der Waals surface area (Å²) in [6, 6.07) is 0. The number of hydrogen-bond donors (Lipinski definition) is 0. The first-order chi connectivity index (χ1) is 3.00. The number of allylic oxidation sites excluding steroid dienone is 3. The van der Waals surface area contributed by atoms with Gasteiger partial charge in [-0.05, 0) is 0 Å². The quantitative estimate of drug-likeness (QED) is 0.515. The van der Waals surface area contributed by atoms with E-state index < -0.39 is 0 Å². The van der Waals surface area contributed by atoms with E-state index in [0.717, 1.165) is 0 Å². The van der Waals surface area contributed by atoms with Crippen molar-refractivity contribution in [1.82, 2.24) is 0 Å².